The van der Waals surface area contributed by atoms with Gasteiger partial charge in [-0.2, -0.15) is 13.2 Å². The third-order valence-electron chi connectivity index (χ3n) is 8.60. The van der Waals surface area contributed by atoms with Gasteiger partial charge in [-0.1, -0.05) is 30.3 Å². The zero-order valence-corrected chi connectivity index (χ0v) is 25.6. The Balaban J connectivity index is 1.55. The fourth-order valence-electron chi connectivity index (χ4n) is 5.46. The van der Waals surface area contributed by atoms with Crippen molar-refractivity contribution in [2.45, 2.75) is 68.9 Å². The highest BCUT2D eigenvalue weighted by Gasteiger charge is 2.52. The van der Waals surface area contributed by atoms with Crippen LogP contribution >= 0.6 is 0 Å². The van der Waals surface area contributed by atoms with E-state index in [9.17, 15) is 21.6 Å². The fraction of sp³-hybridized carbons (Fsp3) is 0.400. The molecule has 4 aromatic rings. The van der Waals surface area contributed by atoms with Gasteiger partial charge in [-0.25, -0.2) is 22.4 Å². The van der Waals surface area contributed by atoms with E-state index in [-0.39, 0.29) is 33.4 Å². The minimum absolute atomic E-state index is 0.000446. The molecule has 6 rings (SSSR count). The standard InChI is InChI=1S/C30H33BF3N5O4S/c1-28(2)29(3,4)43-31(42-28)19-12-13-22-23(18-39(25(22)15-19)44(40,41)21-10-6-5-7-11-21)26-24(30(32,33)34)17-36-27(38-26)37-20-9-8-14-35-16-20/h5-7,10-13,15,17-18,20,35H,8-9,14,16H2,1-4H3,(H,36,37,38)/t20-/m0/s1. The number of halogens is 3. The van der Waals surface area contributed by atoms with Crippen LogP contribution in [0.4, 0.5) is 19.1 Å². The predicted octanol–water partition coefficient (Wildman–Crippen LogP) is 4.82. The van der Waals surface area contributed by atoms with Crippen molar-refractivity contribution in [3.63, 3.8) is 0 Å². The molecule has 0 aliphatic carbocycles. The van der Waals surface area contributed by atoms with Gasteiger partial charge in [-0.15, -0.1) is 0 Å². The Morgan fingerprint density at radius 3 is 2.41 bits per heavy atom. The smallest absolute Gasteiger partial charge is 0.399 e. The lowest BCUT2D eigenvalue weighted by Crippen LogP contribution is -2.41. The maximum Gasteiger partial charge on any atom is 0.494 e. The number of alkyl halides is 3. The monoisotopic (exact) mass is 627 g/mol. The molecule has 14 heteroatoms. The van der Waals surface area contributed by atoms with Crippen molar-refractivity contribution in [3.05, 3.63) is 66.5 Å². The van der Waals surface area contributed by atoms with Gasteiger partial charge >= 0.3 is 13.3 Å². The number of fused-ring (bicyclic) bond motifs is 1. The molecule has 0 radical (unpaired) electrons. The number of nitrogens with zero attached hydrogens (tertiary/aromatic N) is 3. The molecule has 0 unspecified atom stereocenters. The minimum Gasteiger partial charge on any atom is -0.399 e. The maximum absolute atomic E-state index is 14.4. The summed E-state index contributed by atoms with van der Waals surface area (Å²) in [5.41, 5.74) is -2.12. The Morgan fingerprint density at radius 1 is 1.07 bits per heavy atom. The Bertz CT molecular complexity index is 1790. The molecule has 0 amide bonds. The molecule has 2 aliphatic rings. The second-order valence-electron chi connectivity index (χ2n) is 12.2. The summed E-state index contributed by atoms with van der Waals surface area (Å²) in [7, 11) is -5.05. The van der Waals surface area contributed by atoms with Crippen molar-refractivity contribution >= 4 is 39.5 Å². The number of benzene rings is 2. The van der Waals surface area contributed by atoms with Crippen molar-refractivity contribution in [2.75, 3.05) is 18.4 Å². The van der Waals surface area contributed by atoms with E-state index in [1.54, 1.807) is 36.4 Å². The van der Waals surface area contributed by atoms with Crippen LogP contribution in [0.1, 0.15) is 46.1 Å². The number of piperidine rings is 1. The van der Waals surface area contributed by atoms with Crippen molar-refractivity contribution in [2.24, 2.45) is 0 Å². The zero-order chi connectivity index (χ0) is 31.5. The molecule has 2 fully saturated rings. The van der Waals surface area contributed by atoms with Crippen molar-refractivity contribution in [1.82, 2.24) is 19.3 Å². The van der Waals surface area contributed by atoms with Gasteiger partial charge in [0.2, 0.25) is 5.95 Å². The lowest BCUT2D eigenvalue weighted by molar-refractivity contribution is -0.137. The Labute approximate surface area is 254 Å². The molecule has 44 heavy (non-hydrogen) atoms. The summed E-state index contributed by atoms with van der Waals surface area (Å²) in [5.74, 6) is 0.0300. The molecule has 2 aromatic carbocycles. The number of nitrogens with one attached hydrogen (secondary N) is 2. The third kappa shape index (κ3) is 5.48. The van der Waals surface area contributed by atoms with Crippen LogP contribution in [0.2, 0.25) is 0 Å². The molecule has 0 bridgehead atoms. The predicted molar refractivity (Wildman–Crippen MR) is 162 cm³/mol. The lowest BCUT2D eigenvalue weighted by Gasteiger charge is -2.32. The van der Waals surface area contributed by atoms with Crippen LogP contribution < -0.4 is 16.1 Å². The Hall–Kier alpha value is -3.46. The van der Waals surface area contributed by atoms with Crippen LogP contribution in [-0.2, 0) is 25.5 Å². The number of hydrogen-bond donors (Lipinski definition) is 2. The summed E-state index contributed by atoms with van der Waals surface area (Å²) >= 11 is 0. The van der Waals surface area contributed by atoms with E-state index in [1.807, 2.05) is 27.7 Å². The molecule has 9 nitrogen and oxygen atoms in total. The van der Waals surface area contributed by atoms with Crippen LogP contribution in [0.25, 0.3) is 22.2 Å². The van der Waals surface area contributed by atoms with E-state index < -0.39 is 45.8 Å². The molecule has 232 valence electrons. The second kappa shape index (κ2) is 10.9. The lowest BCUT2D eigenvalue weighted by atomic mass is 9.78. The molecular formula is C30H33BF3N5O4S. The molecule has 2 N–H and O–H groups in total. The number of anilines is 1. The second-order valence-corrected chi connectivity index (χ2v) is 14.0. The zero-order valence-electron chi connectivity index (χ0n) is 24.8. The molecular weight excluding hydrogens is 594 g/mol. The quantitative estimate of drug-likeness (QED) is 0.294. The topological polar surface area (TPSA) is 107 Å². The summed E-state index contributed by atoms with van der Waals surface area (Å²) < 4.78 is 84.4. The first-order chi connectivity index (χ1) is 20.7. The number of rotatable bonds is 6. The largest absolute Gasteiger partial charge is 0.494 e. The third-order valence-corrected chi connectivity index (χ3v) is 10.3. The van der Waals surface area contributed by atoms with Crippen LogP contribution in [0.15, 0.2) is 65.8 Å². The van der Waals surface area contributed by atoms with E-state index in [0.717, 1.165) is 29.6 Å². The van der Waals surface area contributed by atoms with Gasteiger partial charge in [0.05, 0.1) is 27.3 Å². The first-order valence-corrected chi connectivity index (χ1v) is 15.8. The highest BCUT2D eigenvalue weighted by Crippen LogP contribution is 2.41. The normalized spacial score (nSPS) is 20.2. The van der Waals surface area contributed by atoms with E-state index in [4.69, 9.17) is 9.31 Å². The minimum atomic E-state index is -4.80. The fourth-order valence-corrected chi connectivity index (χ4v) is 6.84. The number of hydrogen-bond acceptors (Lipinski definition) is 8. The van der Waals surface area contributed by atoms with Crippen molar-refractivity contribution in [1.29, 1.82) is 0 Å². The number of aromatic nitrogens is 3. The van der Waals surface area contributed by atoms with E-state index in [0.29, 0.717) is 12.0 Å². The molecule has 1 atom stereocenters. The van der Waals surface area contributed by atoms with Crippen LogP contribution in [-0.4, -0.2) is 59.8 Å². The Kier molecular flexibility index (Phi) is 7.55. The highest BCUT2D eigenvalue weighted by atomic mass is 32.2. The van der Waals surface area contributed by atoms with Crippen molar-refractivity contribution in [3.8, 4) is 11.3 Å². The van der Waals surface area contributed by atoms with E-state index >= 15 is 0 Å². The summed E-state index contributed by atoms with van der Waals surface area (Å²) in [6, 6.07) is 12.5. The molecule has 0 spiro atoms. The van der Waals surface area contributed by atoms with Crippen LogP contribution in [0.5, 0.6) is 0 Å². The van der Waals surface area contributed by atoms with Crippen LogP contribution in [0, 0.1) is 0 Å². The summed E-state index contributed by atoms with van der Waals surface area (Å²) in [6.07, 6.45) is -1.14. The summed E-state index contributed by atoms with van der Waals surface area (Å²) in [6.45, 7) is 9.07. The van der Waals surface area contributed by atoms with Crippen molar-refractivity contribution < 1.29 is 30.9 Å². The van der Waals surface area contributed by atoms with Gasteiger partial charge in [-0.3, -0.25) is 0 Å². The van der Waals surface area contributed by atoms with Gasteiger partial charge in [-0.05, 0) is 70.7 Å². The molecule has 4 heterocycles. The highest BCUT2D eigenvalue weighted by molar-refractivity contribution is 7.90. The Morgan fingerprint density at radius 2 is 1.77 bits per heavy atom. The molecule has 2 aromatic heterocycles. The average Bonchev–Trinajstić information content (AvgIpc) is 3.46. The average molecular weight is 627 g/mol. The van der Waals surface area contributed by atoms with E-state index in [2.05, 4.69) is 20.6 Å². The van der Waals surface area contributed by atoms with Gasteiger partial charge in [0.1, 0.15) is 5.56 Å². The van der Waals surface area contributed by atoms with Gasteiger partial charge in [0, 0.05) is 35.9 Å². The first kappa shape index (κ1) is 30.6. The molecule has 2 aliphatic heterocycles. The molecule has 0 saturated carbocycles. The van der Waals surface area contributed by atoms with E-state index in [1.165, 1.54) is 18.3 Å². The van der Waals surface area contributed by atoms with Gasteiger partial charge in [0.25, 0.3) is 10.0 Å². The van der Waals surface area contributed by atoms with Crippen LogP contribution in [0.3, 0.4) is 0 Å². The first-order valence-electron chi connectivity index (χ1n) is 14.4. The molecule has 2 saturated heterocycles. The van der Waals surface area contributed by atoms with Gasteiger partial charge < -0.3 is 19.9 Å². The SMILES string of the molecule is CC1(C)OB(c2ccc3c(-c4nc(N[C@H]5CCCNC5)ncc4C(F)(F)F)cn(S(=O)(=O)c4ccccc4)c3c2)OC1(C)C. The summed E-state index contributed by atoms with van der Waals surface area (Å²) in [5, 5.41) is 6.64. The summed E-state index contributed by atoms with van der Waals surface area (Å²) in [4.78, 5) is 8.29. The van der Waals surface area contributed by atoms with Gasteiger partial charge in [0.15, 0.2) is 0 Å². The maximum atomic E-state index is 14.4.